The standard InChI is InChI=1S/C22H21N3O3S2/c23-20(27)19-15-9-3-4-11-17(15)30-21(19)25-22(29)24-18(26)12-28-16-10-5-7-13-6-1-2-8-14(13)16/h1-2,5-8,10H,3-4,9,11-12H2,(H2,23,27)(H2,24,25,26,29). The van der Waals surface area contributed by atoms with Crippen molar-refractivity contribution in [3.05, 3.63) is 58.5 Å². The number of primary amides is 1. The van der Waals surface area contributed by atoms with E-state index < -0.39 is 5.91 Å². The number of anilines is 1. The van der Waals surface area contributed by atoms with E-state index in [9.17, 15) is 9.59 Å². The summed E-state index contributed by atoms with van der Waals surface area (Å²) >= 11 is 6.74. The summed E-state index contributed by atoms with van der Waals surface area (Å²) in [7, 11) is 0. The second kappa shape index (κ2) is 8.81. The summed E-state index contributed by atoms with van der Waals surface area (Å²) in [5.74, 6) is -0.239. The molecule has 0 unspecified atom stereocenters. The molecule has 3 aromatic rings. The zero-order valence-corrected chi connectivity index (χ0v) is 17.8. The average molecular weight is 440 g/mol. The molecule has 0 saturated carbocycles. The Bertz CT molecular complexity index is 1130. The topological polar surface area (TPSA) is 93.5 Å². The number of nitrogens with two attached hydrogens (primary N) is 1. The van der Waals surface area contributed by atoms with Gasteiger partial charge in [0.15, 0.2) is 11.7 Å². The fraction of sp³-hybridized carbons (Fsp3) is 0.227. The highest BCUT2D eigenvalue weighted by Crippen LogP contribution is 2.37. The first-order chi connectivity index (χ1) is 14.5. The summed E-state index contributed by atoms with van der Waals surface area (Å²) < 4.78 is 5.69. The van der Waals surface area contributed by atoms with Crippen molar-refractivity contribution in [1.82, 2.24) is 5.32 Å². The van der Waals surface area contributed by atoms with Crippen LogP contribution in [0.3, 0.4) is 0 Å². The monoisotopic (exact) mass is 439 g/mol. The smallest absolute Gasteiger partial charge is 0.264 e. The van der Waals surface area contributed by atoms with Crippen LogP contribution in [0.4, 0.5) is 5.00 Å². The van der Waals surface area contributed by atoms with Crippen LogP contribution in [0.5, 0.6) is 5.75 Å². The number of nitrogens with one attached hydrogen (secondary N) is 2. The van der Waals surface area contributed by atoms with Gasteiger partial charge < -0.3 is 15.8 Å². The van der Waals surface area contributed by atoms with E-state index in [4.69, 9.17) is 22.7 Å². The van der Waals surface area contributed by atoms with Gasteiger partial charge in [0.25, 0.3) is 11.8 Å². The fourth-order valence-corrected chi connectivity index (χ4v) is 5.26. The van der Waals surface area contributed by atoms with Crippen molar-refractivity contribution in [2.75, 3.05) is 11.9 Å². The van der Waals surface area contributed by atoms with E-state index in [1.807, 2.05) is 42.5 Å². The van der Waals surface area contributed by atoms with Crippen molar-refractivity contribution in [2.24, 2.45) is 5.73 Å². The number of carbonyl (C=O) groups is 2. The Kier molecular flexibility index (Phi) is 5.96. The van der Waals surface area contributed by atoms with Gasteiger partial charge in [-0.25, -0.2) is 0 Å². The number of ether oxygens (including phenoxy) is 1. The lowest BCUT2D eigenvalue weighted by Crippen LogP contribution is -2.37. The number of thiocarbonyl (C=S) groups is 1. The molecular formula is C22H21N3O3S2. The van der Waals surface area contributed by atoms with Crippen LogP contribution in [-0.2, 0) is 17.6 Å². The van der Waals surface area contributed by atoms with E-state index in [1.54, 1.807) is 0 Å². The quantitative estimate of drug-likeness (QED) is 0.526. The Hall–Kier alpha value is -2.97. The Morgan fingerprint density at radius 1 is 1.10 bits per heavy atom. The summed E-state index contributed by atoms with van der Waals surface area (Å²) in [5.41, 5.74) is 7.09. The number of aryl methyl sites for hydroxylation is 1. The predicted octanol–water partition coefficient (Wildman–Crippen LogP) is 3.77. The van der Waals surface area contributed by atoms with Crippen LogP contribution in [-0.4, -0.2) is 23.5 Å². The van der Waals surface area contributed by atoms with Crippen molar-refractivity contribution in [2.45, 2.75) is 25.7 Å². The zero-order valence-electron chi connectivity index (χ0n) is 16.2. The van der Waals surface area contributed by atoms with Crippen LogP contribution in [0.25, 0.3) is 10.8 Å². The van der Waals surface area contributed by atoms with Gasteiger partial charge in [-0.3, -0.25) is 14.9 Å². The zero-order chi connectivity index (χ0) is 21.1. The number of amides is 2. The van der Waals surface area contributed by atoms with Gasteiger partial charge in [0, 0.05) is 10.3 Å². The largest absolute Gasteiger partial charge is 0.483 e. The van der Waals surface area contributed by atoms with Gasteiger partial charge in [0.05, 0.1) is 5.56 Å². The lowest BCUT2D eigenvalue weighted by atomic mass is 9.95. The molecule has 0 fully saturated rings. The second-order valence-electron chi connectivity index (χ2n) is 7.05. The first-order valence-corrected chi connectivity index (χ1v) is 10.9. The molecule has 1 aromatic heterocycles. The predicted molar refractivity (Wildman–Crippen MR) is 123 cm³/mol. The summed E-state index contributed by atoms with van der Waals surface area (Å²) in [6, 6.07) is 13.5. The molecular weight excluding hydrogens is 418 g/mol. The van der Waals surface area contributed by atoms with Gasteiger partial charge in [-0.15, -0.1) is 11.3 Å². The molecule has 2 aromatic carbocycles. The van der Waals surface area contributed by atoms with E-state index in [1.165, 1.54) is 11.3 Å². The number of fused-ring (bicyclic) bond motifs is 2. The molecule has 0 atom stereocenters. The maximum Gasteiger partial charge on any atom is 0.264 e. The molecule has 2 amide bonds. The Labute approximate surface area is 183 Å². The van der Waals surface area contributed by atoms with E-state index in [0.717, 1.165) is 46.9 Å². The molecule has 0 saturated heterocycles. The molecule has 4 rings (SSSR count). The Morgan fingerprint density at radius 3 is 2.70 bits per heavy atom. The van der Waals surface area contributed by atoms with Gasteiger partial charge in [0.1, 0.15) is 10.8 Å². The molecule has 8 heteroatoms. The minimum atomic E-state index is -0.481. The van der Waals surface area contributed by atoms with E-state index in [-0.39, 0.29) is 17.6 Å². The highest BCUT2D eigenvalue weighted by atomic mass is 32.1. The number of carbonyl (C=O) groups excluding carboxylic acids is 2. The van der Waals surface area contributed by atoms with E-state index in [2.05, 4.69) is 10.6 Å². The van der Waals surface area contributed by atoms with Crippen LogP contribution < -0.4 is 21.1 Å². The molecule has 6 nitrogen and oxygen atoms in total. The number of rotatable bonds is 5. The van der Waals surface area contributed by atoms with Crippen LogP contribution in [0.2, 0.25) is 0 Å². The minimum Gasteiger partial charge on any atom is -0.483 e. The highest BCUT2D eigenvalue weighted by Gasteiger charge is 2.24. The van der Waals surface area contributed by atoms with Crippen LogP contribution in [0.15, 0.2) is 42.5 Å². The maximum atomic E-state index is 12.3. The molecule has 1 heterocycles. The van der Waals surface area contributed by atoms with E-state index in [0.29, 0.717) is 16.3 Å². The van der Waals surface area contributed by atoms with Gasteiger partial charge in [0.2, 0.25) is 0 Å². The van der Waals surface area contributed by atoms with Gasteiger partial charge >= 0.3 is 0 Å². The molecule has 0 radical (unpaired) electrons. The van der Waals surface area contributed by atoms with Crippen molar-refractivity contribution in [3.63, 3.8) is 0 Å². The van der Waals surface area contributed by atoms with E-state index >= 15 is 0 Å². The third-order valence-corrected chi connectivity index (χ3v) is 6.42. The maximum absolute atomic E-state index is 12.3. The Morgan fingerprint density at radius 2 is 1.87 bits per heavy atom. The summed E-state index contributed by atoms with van der Waals surface area (Å²) in [4.78, 5) is 25.4. The molecule has 1 aliphatic rings. The molecule has 30 heavy (non-hydrogen) atoms. The first kappa shape index (κ1) is 20.3. The van der Waals surface area contributed by atoms with Crippen LogP contribution in [0.1, 0.15) is 33.6 Å². The van der Waals surface area contributed by atoms with Crippen molar-refractivity contribution in [1.29, 1.82) is 0 Å². The number of hydrogen-bond donors (Lipinski definition) is 3. The first-order valence-electron chi connectivity index (χ1n) is 9.68. The SMILES string of the molecule is NC(=O)c1c(NC(=S)NC(=O)COc2cccc3ccccc23)sc2c1CCCC2. The summed E-state index contributed by atoms with van der Waals surface area (Å²) in [5, 5.41) is 8.25. The van der Waals surface area contributed by atoms with Crippen molar-refractivity contribution < 1.29 is 14.3 Å². The normalized spacial score (nSPS) is 12.8. The summed E-state index contributed by atoms with van der Waals surface area (Å²) in [6.45, 7) is -0.181. The average Bonchev–Trinajstić information content (AvgIpc) is 3.10. The lowest BCUT2D eigenvalue weighted by molar-refractivity contribution is -0.121. The van der Waals surface area contributed by atoms with Crippen molar-refractivity contribution in [3.8, 4) is 5.75 Å². The van der Waals surface area contributed by atoms with Crippen molar-refractivity contribution >= 4 is 56.3 Å². The van der Waals surface area contributed by atoms with Crippen LogP contribution in [0, 0.1) is 0 Å². The minimum absolute atomic E-state index is 0.114. The number of benzene rings is 2. The molecule has 0 aliphatic heterocycles. The van der Waals surface area contributed by atoms with Gasteiger partial charge in [-0.05, 0) is 54.9 Å². The molecule has 154 valence electrons. The lowest BCUT2D eigenvalue weighted by Gasteiger charge is -2.12. The Balaban J connectivity index is 1.39. The highest BCUT2D eigenvalue weighted by molar-refractivity contribution is 7.80. The molecule has 1 aliphatic carbocycles. The van der Waals surface area contributed by atoms with Gasteiger partial charge in [-0.1, -0.05) is 36.4 Å². The summed E-state index contributed by atoms with van der Waals surface area (Å²) in [6.07, 6.45) is 3.90. The molecule has 0 spiro atoms. The number of hydrogen-bond acceptors (Lipinski definition) is 5. The molecule has 0 bridgehead atoms. The van der Waals surface area contributed by atoms with Crippen LogP contribution >= 0.6 is 23.6 Å². The fourth-order valence-electron chi connectivity index (χ4n) is 3.68. The number of thiophene rings is 1. The van der Waals surface area contributed by atoms with Gasteiger partial charge in [-0.2, -0.15) is 0 Å². The third kappa shape index (κ3) is 4.29. The third-order valence-electron chi connectivity index (χ3n) is 5.01. The second-order valence-corrected chi connectivity index (χ2v) is 8.56. The molecule has 4 N–H and O–H groups in total.